The van der Waals surface area contributed by atoms with Crippen molar-refractivity contribution in [3.8, 4) is 11.5 Å². The van der Waals surface area contributed by atoms with E-state index < -0.39 is 5.60 Å². The van der Waals surface area contributed by atoms with E-state index in [4.69, 9.17) is 9.47 Å². The Hall–Kier alpha value is -1.71. The van der Waals surface area contributed by atoms with Gasteiger partial charge in [0.2, 0.25) is 0 Å². The molecule has 0 radical (unpaired) electrons. The maximum Gasteiger partial charge on any atom is 0.270 e. The monoisotopic (exact) mass is 263 g/mol. The van der Waals surface area contributed by atoms with E-state index in [1.165, 1.54) is 0 Å². The molecule has 0 aromatic heterocycles. The second-order valence-electron chi connectivity index (χ2n) is 5.67. The molecule has 0 saturated carbocycles. The van der Waals surface area contributed by atoms with Gasteiger partial charge in [-0.1, -0.05) is 0 Å². The number of fused-ring (bicyclic) bond motifs is 1. The number of benzene rings is 1. The number of methoxy groups -OCH3 is 1. The number of aryl methyl sites for hydroxylation is 1. The average molecular weight is 263 g/mol. The van der Waals surface area contributed by atoms with Crippen molar-refractivity contribution in [2.75, 3.05) is 12.0 Å². The largest absolute Gasteiger partial charge is 0.496 e. The third kappa shape index (κ3) is 2.15. The van der Waals surface area contributed by atoms with Crippen LogP contribution in [-0.2, 0) is 4.79 Å². The number of nitrogens with zero attached hydrogens (tertiary/aromatic N) is 1. The van der Waals surface area contributed by atoms with E-state index in [-0.39, 0.29) is 11.9 Å². The van der Waals surface area contributed by atoms with E-state index in [2.05, 4.69) is 0 Å². The van der Waals surface area contributed by atoms with E-state index in [1.54, 1.807) is 25.9 Å². The van der Waals surface area contributed by atoms with Crippen LogP contribution < -0.4 is 14.4 Å². The molecule has 1 aromatic carbocycles. The third-order valence-electron chi connectivity index (χ3n) is 3.35. The van der Waals surface area contributed by atoms with Crippen LogP contribution in [0.2, 0.25) is 0 Å². The molecule has 104 valence electrons. The first-order valence-electron chi connectivity index (χ1n) is 6.49. The number of amides is 1. The lowest BCUT2D eigenvalue weighted by atomic mass is 10.0. The SMILES string of the molecule is COc1cc2c(cc1C)OC(C)(C)C(=O)N2C(C)C. The molecule has 1 amide bonds. The Morgan fingerprint density at radius 1 is 1.32 bits per heavy atom. The van der Waals surface area contributed by atoms with Gasteiger partial charge in [-0.2, -0.15) is 0 Å². The zero-order chi connectivity index (χ0) is 14.4. The van der Waals surface area contributed by atoms with Crippen LogP contribution in [0.1, 0.15) is 33.3 Å². The maximum absolute atomic E-state index is 12.5. The molecular weight excluding hydrogens is 242 g/mol. The van der Waals surface area contributed by atoms with Gasteiger partial charge in [0, 0.05) is 12.1 Å². The lowest BCUT2D eigenvalue weighted by Crippen LogP contribution is -2.54. The molecule has 4 nitrogen and oxygen atoms in total. The van der Waals surface area contributed by atoms with E-state index in [0.717, 1.165) is 22.7 Å². The summed E-state index contributed by atoms with van der Waals surface area (Å²) in [5, 5.41) is 0. The van der Waals surface area contributed by atoms with E-state index in [9.17, 15) is 4.79 Å². The van der Waals surface area contributed by atoms with Gasteiger partial charge >= 0.3 is 0 Å². The van der Waals surface area contributed by atoms with Gasteiger partial charge in [-0.3, -0.25) is 4.79 Å². The minimum atomic E-state index is -0.835. The smallest absolute Gasteiger partial charge is 0.270 e. The fraction of sp³-hybridized carbons (Fsp3) is 0.533. The number of carbonyl (C=O) groups excluding carboxylic acids is 1. The second kappa shape index (κ2) is 4.44. The highest BCUT2D eigenvalue weighted by molar-refractivity contribution is 6.03. The Balaban J connectivity index is 2.63. The summed E-state index contributed by atoms with van der Waals surface area (Å²) >= 11 is 0. The first-order chi connectivity index (χ1) is 8.77. The molecular formula is C15H21NO3. The van der Waals surface area contributed by atoms with Crippen LogP contribution in [0.4, 0.5) is 5.69 Å². The van der Waals surface area contributed by atoms with Crippen LogP contribution in [0.5, 0.6) is 11.5 Å². The molecule has 4 heteroatoms. The van der Waals surface area contributed by atoms with Crippen LogP contribution >= 0.6 is 0 Å². The van der Waals surface area contributed by atoms with E-state index >= 15 is 0 Å². The van der Waals surface area contributed by atoms with Crippen molar-refractivity contribution >= 4 is 11.6 Å². The van der Waals surface area contributed by atoms with Crippen LogP contribution in [-0.4, -0.2) is 24.7 Å². The zero-order valence-corrected chi connectivity index (χ0v) is 12.4. The Morgan fingerprint density at radius 2 is 1.95 bits per heavy atom. The zero-order valence-electron chi connectivity index (χ0n) is 12.4. The first-order valence-corrected chi connectivity index (χ1v) is 6.49. The molecule has 2 rings (SSSR count). The van der Waals surface area contributed by atoms with Gasteiger partial charge in [-0.15, -0.1) is 0 Å². The number of rotatable bonds is 2. The van der Waals surface area contributed by atoms with Gasteiger partial charge < -0.3 is 14.4 Å². The molecule has 0 fully saturated rings. The molecule has 0 atom stereocenters. The number of anilines is 1. The van der Waals surface area contributed by atoms with Crippen molar-refractivity contribution < 1.29 is 14.3 Å². The fourth-order valence-corrected chi connectivity index (χ4v) is 2.37. The summed E-state index contributed by atoms with van der Waals surface area (Å²) in [5.41, 5.74) is 0.940. The van der Waals surface area contributed by atoms with Gasteiger partial charge in [0.15, 0.2) is 5.60 Å². The average Bonchev–Trinajstić information content (AvgIpc) is 2.29. The molecule has 0 aliphatic carbocycles. The van der Waals surface area contributed by atoms with Crippen molar-refractivity contribution in [1.82, 2.24) is 0 Å². The molecule has 1 heterocycles. The standard InChI is InChI=1S/C15H21NO3/c1-9(2)16-11-8-12(18-6)10(3)7-13(11)19-15(4,5)14(16)17/h7-9H,1-6H3. The number of ether oxygens (including phenoxy) is 2. The third-order valence-corrected chi connectivity index (χ3v) is 3.35. The molecule has 19 heavy (non-hydrogen) atoms. The summed E-state index contributed by atoms with van der Waals surface area (Å²) in [6, 6.07) is 3.87. The molecule has 0 spiro atoms. The Bertz CT molecular complexity index is 520. The van der Waals surface area contributed by atoms with Gasteiger partial charge in [0.25, 0.3) is 5.91 Å². The first kappa shape index (κ1) is 13.7. The minimum Gasteiger partial charge on any atom is -0.496 e. The highest BCUT2D eigenvalue weighted by Gasteiger charge is 2.42. The Morgan fingerprint density at radius 3 is 2.47 bits per heavy atom. The highest BCUT2D eigenvalue weighted by Crippen LogP contribution is 2.42. The molecule has 0 N–H and O–H groups in total. The van der Waals surface area contributed by atoms with Crippen molar-refractivity contribution in [1.29, 1.82) is 0 Å². The summed E-state index contributed by atoms with van der Waals surface area (Å²) in [4.78, 5) is 14.3. The number of carbonyl (C=O) groups is 1. The summed E-state index contributed by atoms with van der Waals surface area (Å²) in [6.45, 7) is 9.55. The predicted molar refractivity (Wildman–Crippen MR) is 75.1 cm³/mol. The van der Waals surface area contributed by atoms with E-state index in [1.807, 2.05) is 32.9 Å². The minimum absolute atomic E-state index is 0.0269. The number of hydrogen-bond acceptors (Lipinski definition) is 3. The lowest BCUT2D eigenvalue weighted by molar-refractivity contribution is -0.133. The molecule has 0 saturated heterocycles. The van der Waals surface area contributed by atoms with Crippen molar-refractivity contribution in [3.63, 3.8) is 0 Å². The summed E-state index contributed by atoms with van der Waals surface area (Å²) in [5.74, 6) is 1.47. The van der Waals surface area contributed by atoms with Crippen LogP contribution in [0, 0.1) is 6.92 Å². The Labute approximate surface area is 114 Å². The molecule has 0 unspecified atom stereocenters. The Kier molecular flexibility index (Phi) is 3.20. The van der Waals surface area contributed by atoms with Crippen LogP contribution in [0.15, 0.2) is 12.1 Å². The van der Waals surface area contributed by atoms with Gasteiger partial charge in [0.05, 0.1) is 12.8 Å². The van der Waals surface area contributed by atoms with Crippen molar-refractivity contribution in [2.24, 2.45) is 0 Å². The normalized spacial score (nSPS) is 17.2. The second-order valence-corrected chi connectivity index (χ2v) is 5.67. The topological polar surface area (TPSA) is 38.8 Å². The van der Waals surface area contributed by atoms with Gasteiger partial charge in [-0.25, -0.2) is 0 Å². The summed E-state index contributed by atoms with van der Waals surface area (Å²) in [7, 11) is 1.63. The van der Waals surface area contributed by atoms with Gasteiger partial charge in [0.1, 0.15) is 11.5 Å². The maximum atomic E-state index is 12.5. The summed E-state index contributed by atoms with van der Waals surface area (Å²) in [6.07, 6.45) is 0. The number of hydrogen-bond donors (Lipinski definition) is 0. The van der Waals surface area contributed by atoms with Gasteiger partial charge in [-0.05, 0) is 46.2 Å². The van der Waals surface area contributed by atoms with E-state index in [0.29, 0.717) is 0 Å². The molecule has 1 aromatic rings. The lowest BCUT2D eigenvalue weighted by Gasteiger charge is -2.41. The summed E-state index contributed by atoms with van der Waals surface area (Å²) < 4.78 is 11.2. The van der Waals surface area contributed by atoms with Crippen LogP contribution in [0.25, 0.3) is 0 Å². The predicted octanol–water partition coefficient (Wildman–Crippen LogP) is 2.92. The van der Waals surface area contributed by atoms with Crippen molar-refractivity contribution in [3.05, 3.63) is 17.7 Å². The van der Waals surface area contributed by atoms with Crippen LogP contribution in [0.3, 0.4) is 0 Å². The fourth-order valence-electron chi connectivity index (χ4n) is 2.37. The highest BCUT2D eigenvalue weighted by atomic mass is 16.5. The molecule has 0 bridgehead atoms. The quantitative estimate of drug-likeness (QED) is 0.823. The van der Waals surface area contributed by atoms with Crippen molar-refractivity contribution in [2.45, 2.75) is 46.3 Å². The molecule has 1 aliphatic heterocycles. The molecule has 1 aliphatic rings.